The van der Waals surface area contributed by atoms with Gasteiger partial charge in [0.2, 0.25) is 0 Å². The number of nitrogens with one attached hydrogen (secondary N) is 1. The van der Waals surface area contributed by atoms with Crippen LogP contribution in [-0.4, -0.2) is 93.3 Å². The third-order valence-electron chi connectivity index (χ3n) is 7.03. The molecule has 1 unspecified atom stereocenters. The lowest BCUT2D eigenvalue weighted by Gasteiger charge is -2.33. The molecule has 3 aliphatic rings. The van der Waals surface area contributed by atoms with Gasteiger partial charge in [0, 0.05) is 58.4 Å². The van der Waals surface area contributed by atoms with Crippen molar-refractivity contribution in [3.8, 4) is 0 Å². The van der Waals surface area contributed by atoms with Crippen molar-refractivity contribution in [3.63, 3.8) is 0 Å². The van der Waals surface area contributed by atoms with Crippen molar-refractivity contribution in [2.45, 2.75) is 25.8 Å². The minimum absolute atomic E-state index is 0.0902. The highest BCUT2D eigenvalue weighted by Crippen LogP contribution is 2.21. The van der Waals surface area contributed by atoms with Crippen LogP contribution in [0.3, 0.4) is 0 Å². The molecule has 3 heterocycles. The summed E-state index contributed by atoms with van der Waals surface area (Å²) in [5.41, 5.74) is 0.806. The number of aliphatic imine (C=N–C) groups is 1. The van der Waals surface area contributed by atoms with Crippen LogP contribution < -0.4 is 5.32 Å². The normalized spacial score (nSPS) is 24.6. The van der Waals surface area contributed by atoms with Gasteiger partial charge in [-0.2, -0.15) is 0 Å². The predicted molar refractivity (Wildman–Crippen MR) is 123 cm³/mol. The Hall–Kier alpha value is -1.70. The molecule has 0 saturated carbocycles. The number of nitrogens with zero attached hydrogens (tertiary/aromatic N) is 4. The van der Waals surface area contributed by atoms with Gasteiger partial charge in [0.15, 0.2) is 5.96 Å². The molecule has 0 aliphatic carbocycles. The molecular formula is C24H38FN5O. The van der Waals surface area contributed by atoms with Crippen molar-refractivity contribution in [2.75, 3.05) is 72.6 Å². The maximum atomic E-state index is 13.9. The second kappa shape index (κ2) is 11.2. The van der Waals surface area contributed by atoms with E-state index in [1.54, 1.807) is 12.1 Å². The van der Waals surface area contributed by atoms with E-state index in [4.69, 9.17) is 4.74 Å². The summed E-state index contributed by atoms with van der Waals surface area (Å²) in [6.45, 7) is 11.0. The van der Waals surface area contributed by atoms with E-state index in [9.17, 15) is 4.39 Å². The Morgan fingerprint density at radius 3 is 2.52 bits per heavy atom. The number of ether oxygens (including phenoxy) is 1. The summed E-state index contributed by atoms with van der Waals surface area (Å²) in [7, 11) is 1.90. The average Bonchev–Trinajstić information content (AvgIpc) is 3.26. The van der Waals surface area contributed by atoms with Crippen molar-refractivity contribution < 1.29 is 9.13 Å². The van der Waals surface area contributed by atoms with Crippen LogP contribution in [-0.2, 0) is 11.3 Å². The molecule has 0 radical (unpaired) electrons. The molecule has 172 valence electrons. The Morgan fingerprint density at radius 2 is 1.77 bits per heavy atom. The van der Waals surface area contributed by atoms with E-state index in [-0.39, 0.29) is 5.82 Å². The van der Waals surface area contributed by atoms with E-state index in [1.165, 1.54) is 13.0 Å². The Labute approximate surface area is 186 Å². The largest absolute Gasteiger partial charge is 0.379 e. The molecule has 0 spiro atoms. The molecule has 1 atom stereocenters. The highest BCUT2D eigenvalue weighted by Gasteiger charge is 2.28. The van der Waals surface area contributed by atoms with Crippen molar-refractivity contribution in [1.29, 1.82) is 0 Å². The van der Waals surface area contributed by atoms with Crippen LogP contribution in [0.25, 0.3) is 0 Å². The molecule has 4 rings (SSSR count). The standard InChI is InChI=1S/C24H38FN5O/c1-26-24(30-11-8-21(18-30)17-29-12-14-31-15-13-29)27-16-20-6-9-28(10-7-20)19-22-4-2-3-5-23(22)25/h2-5,20-21H,6-19H2,1H3,(H,26,27). The summed E-state index contributed by atoms with van der Waals surface area (Å²) in [5.74, 6) is 2.34. The third-order valence-corrected chi connectivity index (χ3v) is 7.03. The van der Waals surface area contributed by atoms with Crippen molar-refractivity contribution >= 4 is 5.96 Å². The summed E-state index contributed by atoms with van der Waals surface area (Å²) in [5, 5.41) is 3.64. The molecule has 31 heavy (non-hydrogen) atoms. The van der Waals surface area contributed by atoms with Gasteiger partial charge in [-0.25, -0.2) is 4.39 Å². The van der Waals surface area contributed by atoms with Crippen LogP contribution in [0, 0.1) is 17.7 Å². The molecule has 0 aromatic heterocycles. The van der Waals surface area contributed by atoms with Gasteiger partial charge in [0.1, 0.15) is 5.82 Å². The van der Waals surface area contributed by atoms with Gasteiger partial charge in [-0.05, 0) is 50.3 Å². The third kappa shape index (κ3) is 6.40. The van der Waals surface area contributed by atoms with Gasteiger partial charge in [-0.15, -0.1) is 0 Å². The average molecular weight is 432 g/mol. The first-order chi connectivity index (χ1) is 15.2. The number of hydrogen-bond acceptors (Lipinski definition) is 4. The molecule has 1 aromatic rings. The van der Waals surface area contributed by atoms with Crippen LogP contribution >= 0.6 is 0 Å². The highest BCUT2D eigenvalue weighted by molar-refractivity contribution is 5.80. The summed E-state index contributed by atoms with van der Waals surface area (Å²) in [4.78, 5) is 11.9. The lowest BCUT2D eigenvalue weighted by molar-refractivity contribution is 0.0315. The van der Waals surface area contributed by atoms with Crippen LogP contribution in [0.2, 0.25) is 0 Å². The smallest absolute Gasteiger partial charge is 0.193 e. The number of halogens is 1. The summed E-state index contributed by atoms with van der Waals surface area (Å²) in [6.07, 6.45) is 3.54. The van der Waals surface area contributed by atoms with Crippen molar-refractivity contribution in [1.82, 2.24) is 20.0 Å². The maximum Gasteiger partial charge on any atom is 0.193 e. The Morgan fingerprint density at radius 1 is 1.03 bits per heavy atom. The number of benzene rings is 1. The first kappa shape index (κ1) is 22.5. The van der Waals surface area contributed by atoms with Gasteiger partial charge in [0.25, 0.3) is 0 Å². The second-order valence-corrected chi connectivity index (χ2v) is 9.25. The molecule has 0 bridgehead atoms. The summed E-state index contributed by atoms with van der Waals surface area (Å²) < 4.78 is 19.4. The van der Waals surface area contributed by atoms with Gasteiger partial charge < -0.3 is 15.0 Å². The first-order valence-electron chi connectivity index (χ1n) is 11.9. The fraction of sp³-hybridized carbons (Fsp3) is 0.708. The van der Waals surface area contributed by atoms with Gasteiger partial charge >= 0.3 is 0 Å². The van der Waals surface area contributed by atoms with Gasteiger partial charge in [-0.3, -0.25) is 14.8 Å². The van der Waals surface area contributed by atoms with Gasteiger partial charge in [-0.1, -0.05) is 18.2 Å². The summed E-state index contributed by atoms with van der Waals surface area (Å²) >= 11 is 0. The molecule has 0 amide bonds. The van der Waals surface area contributed by atoms with Crippen LogP contribution in [0.5, 0.6) is 0 Å². The zero-order chi connectivity index (χ0) is 21.5. The SMILES string of the molecule is CN=C(NCC1CCN(Cc2ccccc2F)CC1)N1CCC(CN2CCOCC2)C1. The minimum atomic E-state index is -0.0902. The number of piperidine rings is 1. The number of morpholine rings is 1. The van der Waals surface area contributed by atoms with Gasteiger partial charge in [0.05, 0.1) is 13.2 Å². The monoisotopic (exact) mass is 431 g/mol. The Kier molecular flexibility index (Phi) is 8.16. The molecule has 1 N–H and O–H groups in total. The molecule has 1 aromatic carbocycles. The molecule has 3 fully saturated rings. The quantitative estimate of drug-likeness (QED) is 0.553. The zero-order valence-electron chi connectivity index (χ0n) is 18.9. The molecule has 3 saturated heterocycles. The highest BCUT2D eigenvalue weighted by atomic mass is 19.1. The van der Waals surface area contributed by atoms with E-state index in [0.717, 1.165) is 89.3 Å². The lowest BCUT2D eigenvalue weighted by atomic mass is 9.96. The van der Waals surface area contributed by atoms with E-state index >= 15 is 0 Å². The summed E-state index contributed by atoms with van der Waals surface area (Å²) in [6, 6.07) is 7.14. The molecule has 3 aliphatic heterocycles. The van der Waals surface area contributed by atoms with E-state index in [2.05, 4.69) is 25.0 Å². The zero-order valence-corrected chi connectivity index (χ0v) is 18.9. The predicted octanol–water partition coefficient (Wildman–Crippen LogP) is 2.27. The number of guanidine groups is 1. The fourth-order valence-corrected chi connectivity index (χ4v) is 5.11. The molecule has 6 nitrogen and oxygen atoms in total. The van der Waals surface area contributed by atoms with Crippen molar-refractivity contribution in [2.24, 2.45) is 16.8 Å². The fourth-order valence-electron chi connectivity index (χ4n) is 5.11. The Balaban J connectivity index is 1.16. The molecular weight excluding hydrogens is 393 g/mol. The number of hydrogen-bond donors (Lipinski definition) is 1. The topological polar surface area (TPSA) is 43.3 Å². The van der Waals surface area contributed by atoms with E-state index < -0.39 is 0 Å². The lowest BCUT2D eigenvalue weighted by Crippen LogP contribution is -2.45. The van der Waals surface area contributed by atoms with Crippen LogP contribution in [0.1, 0.15) is 24.8 Å². The van der Waals surface area contributed by atoms with E-state index in [0.29, 0.717) is 12.5 Å². The van der Waals surface area contributed by atoms with Crippen LogP contribution in [0.15, 0.2) is 29.3 Å². The number of rotatable bonds is 6. The molecule has 7 heteroatoms. The Bertz CT molecular complexity index is 716. The van der Waals surface area contributed by atoms with Crippen molar-refractivity contribution in [3.05, 3.63) is 35.6 Å². The maximum absolute atomic E-state index is 13.9. The number of likely N-dealkylation sites (tertiary alicyclic amines) is 2. The first-order valence-corrected chi connectivity index (χ1v) is 11.9. The van der Waals surface area contributed by atoms with Crippen LogP contribution in [0.4, 0.5) is 4.39 Å². The minimum Gasteiger partial charge on any atom is -0.379 e. The second-order valence-electron chi connectivity index (χ2n) is 9.25. The van der Waals surface area contributed by atoms with E-state index in [1.807, 2.05) is 19.2 Å².